The molecule has 1 aliphatic heterocycles. The molecule has 0 atom stereocenters. The van der Waals surface area contributed by atoms with E-state index in [1.807, 2.05) is 26.1 Å². The highest BCUT2D eigenvalue weighted by molar-refractivity contribution is 5.94. The number of carbonyl (C=O) groups is 2. The summed E-state index contributed by atoms with van der Waals surface area (Å²) in [6.07, 6.45) is 2.95. The van der Waals surface area contributed by atoms with E-state index in [1.165, 1.54) is 0 Å². The van der Waals surface area contributed by atoms with E-state index >= 15 is 0 Å². The third-order valence-corrected chi connectivity index (χ3v) is 6.04. The van der Waals surface area contributed by atoms with Gasteiger partial charge in [0.1, 0.15) is 11.4 Å². The third-order valence-electron chi connectivity index (χ3n) is 6.04. The van der Waals surface area contributed by atoms with Crippen LogP contribution in [0.3, 0.4) is 0 Å². The van der Waals surface area contributed by atoms with Gasteiger partial charge in [0.25, 0.3) is 5.91 Å². The number of aryl methyl sites for hydroxylation is 2. The molecule has 5 rings (SSSR count). The summed E-state index contributed by atoms with van der Waals surface area (Å²) in [7, 11) is 1.85. The van der Waals surface area contributed by atoms with Crippen molar-refractivity contribution in [2.75, 3.05) is 19.6 Å². The lowest BCUT2D eigenvalue weighted by molar-refractivity contribution is -0.131. The Balaban J connectivity index is 1.17. The lowest BCUT2D eigenvalue weighted by atomic mass is 9.96. The maximum atomic E-state index is 12.5. The maximum Gasteiger partial charge on any atom is 0.270 e. The standard InChI is InChI=1S/C23H24N8O3/c1-14-16-6-7-17(26-21(16)30(2)28-14)20-27-23(34-29-20)15-8-11-31(12-9-15)19(32)13-25-22(33)18-5-3-4-10-24-18/h3-7,10,15H,8-9,11-13H2,1-2H3,(H,25,33). The summed E-state index contributed by atoms with van der Waals surface area (Å²) in [4.78, 5) is 39.6. The van der Waals surface area contributed by atoms with Crippen LogP contribution in [0.2, 0.25) is 0 Å². The van der Waals surface area contributed by atoms with Gasteiger partial charge in [0, 0.05) is 37.6 Å². The molecule has 0 bridgehead atoms. The first kappa shape index (κ1) is 21.7. The number of rotatable bonds is 5. The molecule has 1 saturated heterocycles. The van der Waals surface area contributed by atoms with Crippen molar-refractivity contribution in [3.8, 4) is 11.5 Å². The number of nitrogens with zero attached hydrogens (tertiary/aromatic N) is 7. The van der Waals surface area contributed by atoms with E-state index in [0.29, 0.717) is 43.3 Å². The Bertz CT molecular complexity index is 1340. The number of fused-ring (bicyclic) bond motifs is 1. The number of piperidine rings is 1. The molecule has 2 amide bonds. The van der Waals surface area contributed by atoms with E-state index in [2.05, 4.69) is 30.5 Å². The van der Waals surface area contributed by atoms with Crippen molar-refractivity contribution in [2.45, 2.75) is 25.7 Å². The van der Waals surface area contributed by atoms with Gasteiger partial charge in [-0.05, 0) is 44.0 Å². The minimum absolute atomic E-state index is 0.0631. The van der Waals surface area contributed by atoms with E-state index in [1.54, 1.807) is 34.0 Å². The number of pyridine rings is 2. The molecule has 0 aliphatic carbocycles. The van der Waals surface area contributed by atoms with Crippen LogP contribution in [0.4, 0.5) is 0 Å². The van der Waals surface area contributed by atoms with Crippen LogP contribution in [0.25, 0.3) is 22.6 Å². The second-order valence-electron chi connectivity index (χ2n) is 8.29. The number of nitrogens with one attached hydrogen (secondary N) is 1. The number of hydrogen-bond acceptors (Lipinski definition) is 8. The van der Waals surface area contributed by atoms with Crippen molar-refractivity contribution in [3.63, 3.8) is 0 Å². The molecule has 174 valence electrons. The molecule has 5 heterocycles. The summed E-state index contributed by atoms with van der Waals surface area (Å²) < 4.78 is 7.28. The molecule has 0 saturated carbocycles. The topological polar surface area (TPSA) is 132 Å². The van der Waals surface area contributed by atoms with Gasteiger partial charge < -0.3 is 14.7 Å². The zero-order chi connectivity index (χ0) is 23.7. The van der Waals surface area contributed by atoms with Crippen molar-refractivity contribution in [1.29, 1.82) is 0 Å². The summed E-state index contributed by atoms with van der Waals surface area (Å²) in [5, 5.41) is 12.1. The Morgan fingerprint density at radius 3 is 2.74 bits per heavy atom. The lowest BCUT2D eigenvalue weighted by Crippen LogP contribution is -2.43. The predicted molar refractivity (Wildman–Crippen MR) is 122 cm³/mol. The fourth-order valence-electron chi connectivity index (χ4n) is 4.16. The highest BCUT2D eigenvalue weighted by Gasteiger charge is 2.28. The van der Waals surface area contributed by atoms with Crippen LogP contribution < -0.4 is 5.32 Å². The lowest BCUT2D eigenvalue weighted by Gasteiger charge is -2.30. The van der Waals surface area contributed by atoms with E-state index in [4.69, 9.17) is 4.52 Å². The highest BCUT2D eigenvalue weighted by Crippen LogP contribution is 2.29. The van der Waals surface area contributed by atoms with Gasteiger partial charge >= 0.3 is 0 Å². The second-order valence-corrected chi connectivity index (χ2v) is 8.29. The van der Waals surface area contributed by atoms with Gasteiger partial charge in [-0.2, -0.15) is 10.1 Å². The quantitative estimate of drug-likeness (QED) is 0.477. The number of carbonyl (C=O) groups excluding carboxylic acids is 2. The van der Waals surface area contributed by atoms with Gasteiger partial charge in [-0.25, -0.2) is 4.98 Å². The summed E-state index contributed by atoms with van der Waals surface area (Å²) in [6, 6.07) is 8.90. The number of amides is 2. The van der Waals surface area contributed by atoms with Crippen molar-refractivity contribution in [2.24, 2.45) is 7.05 Å². The van der Waals surface area contributed by atoms with Crippen LogP contribution >= 0.6 is 0 Å². The normalized spacial score (nSPS) is 14.5. The predicted octanol–water partition coefficient (Wildman–Crippen LogP) is 1.86. The van der Waals surface area contributed by atoms with Crippen LogP contribution in [-0.2, 0) is 11.8 Å². The fourth-order valence-corrected chi connectivity index (χ4v) is 4.16. The summed E-state index contributed by atoms with van der Waals surface area (Å²) in [5.74, 6) is 0.560. The Morgan fingerprint density at radius 1 is 1.15 bits per heavy atom. The van der Waals surface area contributed by atoms with Crippen molar-refractivity contribution < 1.29 is 14.1 Å². The van der Waals surface area contributed by atoms with Gasteiger partial charge in [0.15, 0.2) is 5.65 Å². The summed E-state index contributed by atoms with van der Waals surface area (Å²) in [5.41, 5.74) is 2.60. The monoisotopic (exact) mass is 460 g/mol. The van der Waals surface area contributed by atoms with Crippen LogP contribution in [-0.4, -0.2) is 66.2 Å². The molecule has 11 nitrogen and oxygen atoms in total. The second kappa shape index (κ2) is 9.00. The first-order chi connectivity index (χ1) is 16.5. The van der Waals surface area contributed by atoms with Crippen LogP contribution in [0.15, 0.2) is 41.1 Å². The SMILES string of the molecule is Cc1nn(C)c2nc(-c3noc(C4CCN(C(=O)CNC(=O)c5ccccn5)CC4)n3)ccc12. The smallest absolute Gasteiger partial charge is 0.270 e. The molecule has 0 aromatic carbocycles. The molecular formula is C23H24N8O3. The molecule has 1 N–H and O–H groups in total. The molecule has 4 aromatic rings. The highest BCUT2D eigenvalue weighted by atomic mass is 16.5. The minimum atomic E-state index is -0.365. The van der Waals surface area contributed by atoms with Crippen molar-refractivity contribution >= 4 is 22.8 Å². The average Bonchev–Trinajstić information content (AvgIpc) is 3.47. The van der Waals surface area contributed by atoms with Gasteiger partial charge in [0.2, 0.25) is 17.6 Å². The molecule has 1 aliphatic rings. The van der Waals surface area contributed by atoms with Crippen molar-refractivity contribution in [3.05, 3.63) is 53.8 Å². The van der Waals surface area contributed by atoms with Crippen molar-refractivity contribution in [1.82, 2.24) is 40.1 Å². The van der Waals surface area contributed by atoms with Gasteiger partial charge in [-0.1, -0.05) is 11.2 Å². The van der Waals surface area contributed by atoms with Gasteiger partial charge in [-0.3, -0.25) is 19.3 Å². The van der Waals surface area contributed by atoms with E-state index in [-0.39, 0.29) is 30.0 Å². The van der Waals surface area contributed by atoms with Gasteiger partial charge in [-0.15, -0.1) is 0 Å². The molecule has 34 heavy (non-hydrogen) atoms. The van der Waals surface area contributed by atoms with E-state index < -0.39 is 0 Å². The minimum Gasteiger partial charge on any atom is -0.342 e. The van der Waals surface area contributed by atoms with E-state index in [9.17, 15) is 9.59 Å². The molecule has 0 unspecified atom stereocenters. The molecule has 0 radical (unpaired) electrons. The third kappa shape index (κ3) is 4.24. The molecule has 1 fully saturated rings. The summed E-state index contributed by atoms with van der Waals surface area (Å²) >= 11 is 0. The maximum absolute atomic E-state index is 12.5. The van der Waals surface area contributed by atoms with Crippen LogP contribution in [0.5, 0.6) is 0 Å². The fraction of sp³-hybridized carbons (Fsp3) is 0.348. The zero-order valence-corrected chi connectivity index (χ0v) is 18.9. The van der Waals surface area contributed by atoms with E-state index in [0.717, 1.165) is 16.7 Å². The molecule has 0 spiro atoms. The largest absolute Gasteiger partial charge is 0.342 e. The van der Waals surface area contributed by atoms with Crippen LogP contribution in [0, 0.1) is 6.92 Å². The number of aromatic nitrogens is 6. The zero-order valence-electron chi connectivity index (χ0n) is 18.9. The Morgan fingerprint density at radius 2 is 1.97 bits per heavy atom. The molecule has 4 aromatic heterocycles. The first-order valence-electron chi connectivity index (χ1n) is 11.1. The molecular weight excluding hydrogens is 436 g/mol. The van der Waals surface area contributed by atoms with Crippen LogP contribution in [0.1, 0.15) is 40.8 Å². The number of hydrogen-bond donors (Lipinski definition) is 1. The first-order valence-corrected chi connectivity index (χ1v) is 11.1. The Hall–Kier alpha value is -4.15. The number of likely N-dealkylation sites (tertiary alicyclic amines) is 1. The summed E-state index contributed by atoms with van der Waals surface area (Å²) in [6.45, 7) is 2.99. The Labute approximate surface area is 195 Å². The molecule has 11 heteroatoms. The Kier molecular flexibility index (Phi) is 5.74. The van der Waals surface area contributed by atoms with Gasteiger partial charge in [0.05, 0.1) is 12.2 Å². The average molecular weight is 460 g/mol.